The van der Waals surface area contributed by atoms with Crippen LogP contribution in [0.3, 0.4) is 0 Å². The second-order valence-electron chi connectivity index (χ2n) is 1.82. The number of Topliss-reactive ketones (excluding diaryl/α,β-unsaturated/α-hetero) is 1. The summed E-state index contributed by atoms with van der Waals surface area (Å²) in [6.45, 7) is 4.72. The minimum Gasteiger partial charge on any atom is -0.438 e. The summed E-state index contributed by atoms with van der Waals surface area (Å²) in [5.41, 5.74) is 4.67. The zero-order valence-corrected chi connectivity index (χ0v) is 5.79. The van der Waals surface area contributed by atoms with Crippen LogP contribution in [0.1, 0.15) is 13.3 Å². The number of ether oxygens (including phenoxy) is 1. The Bertz CT molecular complexity index is 144. The van der Waals surface area contributed by atoms with Crippen molar-refractivity contribution in [3.05, 3.63) is 6.92 Å². The average molecular weight is 144 g/mol. The molecule has 1 radical (unpaired) electrons. The number of hydrogen-bond acceptors (Lipinski definition) is 3. The first-order chi connectivity index (χ1) is 4.57. The summed E-state index contributed by atoms with van der Waals surface area (Å²) < 4.78 is 4.39. The van der Waals surface area contributed by atoms with Gasteiger partial charge in [-0.1, -0.05) is 0 Å². The van der Waals surface area contributed by atoms with E-state index in [2.05, 4.69) is 17.4 Å². The molecule has 0 aliphatic carbocycles. The Kier molecular flexibility index (Phi) is 3.46. The molecule has 1 atom stereocenters. The lowest BCUT2D eigenvalue weighted by molar-refractivity contribution is -0.124. The van der Waals surface area contributed by atoms with E-state index in [1.54, 1.807) is 0 Å². The minimum atomic E-state index is -0.941. The third kappa shape index (κ3) is 3.06. The molecule has 0 aromatic carbocycles. The minimum absolute atomic E-state index is 0.221. The highest BCUT2D eigenvalue weighted by Crippen LogP contribution is 1.97. The van der Waals surface area contributed by atoms with Gasteiger partial charge >= 0.3 is 6.09 Å². The molecule has 0 spiro atoms. The number of carbonyl (C=O) groups is 2. The third-order valence-corrected chi connectivity index (χ3v) is 0.974. The molecule has 0 rings (SSSR count). The maximum absolute atomic E-state index is 10.5. The standard InChI is InChI=1S/C6H10NO3/c1-3-5(4(2)8)10-6(7)9/h5H,1,3H2,2H3,(H2,7,9). The molecular formula is C6H10NO3. The van der Waals surface area contributed by atoms with Gasteiger partial charge < -0.3 is 10.5 Å². The van der Waals surface area contributed by atoms with E-state index in [4.69, 9.17) is 0 Å². The van der Waals surface area contributed by atoms with Crippen LogP contribution in [-0.4, -0.2) is 18.0 Å². The SMILES string of the molecule is [CH2]CC(OC(N)=O)C(C)=O. The number of amides is 1. The fourth-order valence-corrected chi connectivity index (χ4v) is 0.485. The zero-order chi connectivity index (χ0) is 8.15. The van der Waals surface area contributed by atoms with Gasteiger partial charge in [0, 0.05) is 0 Å². The smallest absolute Gasteiger partial charge is 0.405 e. The van der Waals surface area contributed by atoms with Crippen LogP contribution in [0.25, 0.3) is 0 Å². The van der Waals surface area contributed by atoms with Crippen molar-refractivity contribution in [3.63, 3.8) is 0 Å². The van der Waals surface area contributed by atoms with Crippen molar-refractivity contribution < 1.29 is 14.3 Å². The van der Waals surface area contributed by atoms with Gasteiger partial charge in [0.1, 0.15) is 0 Å². The maximum Gasteiger partial charge on any atom is 0.405 e. The molecule has 0 aliphatic rings. The predicted octanol–water partition coefficient (Wildman–Crippen LogP) is 0.263. The first-order valence-corrected chi connectivity index (χ1v) is 2.83. The molecule has 1 amide bonds. The Labute approximate surface area is 59.3 Å². The van der Waals surface area contributed by atoms with Crippen LogP contribution >= 0.6 is 0 Å². The van der Waals surface area contributed by atoms with E-state index in [9.17, 15) is 9.59 Å². The summed E-state index contributed by atoms with van der Waals surface area (Å²) in [4.78, 5) is 20.6. The summed E-state index contributed by atoms with van der Waals surface area (Å²) in [5, 5.41) is 0. The van der Waals surface area contributed by atoms with E-state index < -0.39 is 12.2 Å². The largest absolute Gasteiger partial charge is 0.438 e. The lowest BCUT2D eigenvalue weighted by atomic mass is 10.2. The molecule has 4 heteroatoms. The first kappa shape index (κ1) is 8.94. The zero-order valence-electron chi connectivity index (χ0n) is 5.79. The van der Waals surface area contributed by atoms with Crippen LogP contribution in [0.4, 0.5) is 4.79 Å². The predicted molar refractivity (Wildman–Crippen MR) is 35.1 cm³/mol. The van der Waals surface area contributed by atoms with Gasteiger partial charge in [-0.2, -0.15) is 0 Å². The van der Waals surface area contributed by atoms with Crippen molar-refractivity contribution in [3.8, 4) is 0 Å². The lowest BCUT2D eigenvalue weighted by Gasteiger charge is -2.09. The van der Waals surface area contributed by atoms with Crippen LogP contribution in [0.2, 0.25) is 0 Å². The fraction of sp³-hybridized carbons (Fsp3) is 0.500. The van der Waals surface area contributed by atoms with Crippen LogP contribution in [-0.2, 0) is 9.53 Å². The van der Waals surface area contributed by atoms with Gasteiger partial charge in [0.25, 0.3) is 0 Å². The number of ketones is 1. The first-order valence-electron chi connectivity index (χ1n) is 2.83. The van der Waals surface area contributed by atoms with Crippen molar-refractivity contribution >= 4 is 11.9 Å². The summed E-state index contributed by atoms with van der Waals surface area (Å²) in [6.07, 6.45) is -1.50. The Morgan fingerprint density at radius 1 is 1.70 bits per heavy atom. The summed E-state index contributed by atoms with van der Waals surface area (Å²) in [5.74, 6) is -0.242. The van der Waals surface area contributed by atoms with Crippen molar-refractivity contribution in [1.29, 1.82) is 0 Å². The second kappa shape index (κ2) is 3.87. The number of primary amides is 1. The maximum atomic E-state index is 10.5. The molecule has 4 nitrogen and oxygen atoms in total. The van der Waals surface area contributed by atoms with Gasteiger partial charge in [-0.25, -0.2) is 4.79 Å². The summed E-state index contributed by atoms with van der Waals surface area (Å²) >= 11 is 0. The Balaban J connectivity index is 3.83. The lowest BCUT2D eigenvalue weighted by Crippen LogP contribution is -2.27. The van der Waals surface area contributed by atoms with E-state index in [1.807, 2.05) is 0 Å². The Morgan fingerprint density at radius 3 is 2.30 bits per heavy atom. The van der Waals surface area contributed by atoms with E-state index >= 15 is 0 Å². The molecule has 1 unspecified atom stereocenters. The molecule has 0 saturated heterocycles. The quantitative estimate of drug-likeness (QED) is 0.617. The molecule has 0 fully saturated rings. The molecular weight excluding hydrogens is 134 g/mol. The molecule has 10 heavy (non-hydrogen) atoms. The highest BCUT2D eigenvalue weighted by Gasteiger charge is 2.14. The van der Waals surface area contributed by atoms with Crippen LogP contribution in [0.5, 0.6) is 0 Å². The van der Waals surface area contributed by atoms with Crippen molar-refractivity contribution in [1.82, 2.24) is 0 Å². The second-order valence-corrected chi connectivity index (χ2v) is 1.82. The average Bonchev–Trinajstić information content (AvgIpc) is 1.81. The molecule has 0 aromatic heterocycles. The molecule has 0 heterocycles. The molecule has 2 N–H and O–H groups in total. The monoisotopic (exact) mass is 144 g/mol. The number of carbonyl (C=O) groups excluding carboxylic acids is 2. The molecule has 0 aromatic rings. The van der Waals surface area contributed by atoms with Gasteiger partial charge in [-0.05, 0) is 20.3 Å². The Hall–Kier alpha value is -1.06. The van der Waals surface area contributed by atoms with Crippen molar-refractivity contribution in [2.75, 3.05) is 0 Å². The fourth-order valence-electron chi connectivity index (χ4n) is 0.485. The highest BCUT2D eigenvalue weighted by molar-refractivity contribution is 5.82. The highest BCUT2D eigenvalue weighted by atomic mass is 16.6. The Morgan fingerprint density at radius 2 is 2.20 bits per heavy atom. The van der Waals surface area contributed by atoms with E-state index in [0.717, 1.165) is 0 Å². The molecule has 0 saturated carbocycles. The molecule has 0 aliphatic heterocycles. The van der Waals surface area contributed by atoms with E-state index in [1.165, 1.54) is 6.92 Å². The number of hydrogen-bond donors (Lipinski definition) is 1. The van der Waals surface area contributed by atoms with E-state index in [-0.39, 0.29) is 12.2 Å². The van der Waals surface area contributed by atoms with Gasteiger partial charge in [-0.15, -0.1) is 0 Å². The van der Waals surface area contributed by atoms with Crippen LogP contribution < -0.4 is 5.73 Å². The van der Waals surface area contributed by atoms with Gasteiger partial charge in [0.15, 0.2) is 11.9 Å². The van der Waals surface area contributed by atoms with Crippen LogP contribution in [0.15, 0.2) is 0 Å². The van der Waals surface area contributed by atoms with Crippen LogP contribution in [0, 0.1) is 6.92 Å². The summed E-state index contributed by atoms with van der Waals surface area (Å²) in [7, 11) is 0. The van der Waals surface area contributed by atoms with Gasteiger partial charge in [0.05, 0.1) is 0 Å². The molecule has 0 bridgehead atoms. The van der Waals surface area contributed by atoms with Gasteiger partial charge in [0.2, 0.25) is 0 Å². The summed E-state index contributed by atoms with van der Waals surface area (Å²) in [6, 6.07) is 0. The third-order valence-electron chi connectivity index (χ3n) is 0.974. The van der Waals surface area contributed by atoms with E-state index in [0.29, 0.717) is 0 Å². The number of nitrogens with two attached hydrogens (primary N) is 1. The topological polar surface area (TPSA) is 69.4 Å². The van der Waals surface area contributed by atoms with Crippen molar-refractivity contribution in [2.24, 2.45) is 5.73 Å². The molecule has 57 valence electrons. The van der Waals surface area contributed by atoms with Gasteiger partial charge in [-0.3, -0.25) is 4.79 Å². The normalized spacial score (nSPS) is 12.2. The number of rotatable bonds is 3. The van der Waals surface area contributed by atoms with Crippen molar-refractivity contribution in [2.45, 2.75) is 19.4 Å².